The number of hydrogen-bond acceptors (Lipinski definition) is 4. The van der Waals surface area contributed by atoms with Crippen LogP contribution in [-0.4, -0.2) is 34.0 Å². The summed E-state index contributed by atoms with van der Waals surface area (Å²) in [5.41, 5.74) is 1.94. The number of rotatable bonds is 4. The van der Waals surface area contributed by atoms with E-state index in [1.807, 2.05) is 18.2 Å². The van der Waals surface area contributed by atoms with Crippen molar-refractivity contribution in [2.24, 2.45) is 0 Å². The topological polar surface area (TPSA) is 52.0 Å². The molecule has 1 aromatic carbocycles. The van der Waals surface area contributed by atoms with Crippen LogP contribution in [-0.2, 0) is 4.74 Å². The van der Waals surface area contributed by atoms with E-state index in [-0.39, 0.29) is 0 Å². The average Bonchev–Trinajstić information content (AvgIpc) is 3.02. The molecule has 5 nitrogen and oxygen atoms in total. The third kappa shape index (κ3) is 3.36. The Balaban J connectivity index is 1.82. The molecule has 0 radical (unpaired) electrons. The van der Waals surface area contributed by atoms with Crippen LogP contribution in [0.25, 0.3) is 5.69 Å². The second-order valence-corrected chi connectivity index (χ2v) is 5.80. The second kappa shape index (κ2) is 6.45. The van der Waals surface area contributed by atoms with Crippen molar-refractivity contribution in [3.8, 4) is 5.69 Å². The first-order valence-corrected chi connectivity index (χ1v) is 7.58. The first-order valence-electron chi connectivity index (χ1n) is 7.20. The lowest BCUT2D eigenvalue weighted by Gasteiger charge is -2.30. The Labute approximate surface area is 129 Å². The summed E-state index contributed by atoms with van der Waals surface area (Å²) in [6.45, 7) is 0. The Morgan fingerprint density at radius 3 is 3.05 bits per heavy atom. The lowest BCUT2D eigenvalue weighted by Crippen LogP contribution is -2.31. The highest BCUT2D eigenvalue weighted by Crippen LogP contribution is 2.28. The molecule has 1 heterocycles. The monoisotopic (exact) mass is 306 g/mol. The van der Waals surface area contributed by atoms with Gasteiger partial charge in [0.05, 0.1) is 17.5 Å². The van der Waals surface area contributed by atoms with Crippen molar-refractivity contribution >= 4 is 17.3 Å². The van der Waals surface area contributed by atoms with Crippen molar-refractivity contribution in [2.45, 2.75) is 37.8 Å². The predicted octanol–water partition coefficient (Wildman–Crippen LogP) is 3.29. The molecular formula is C15H19ClN4O. The average molecular weight is 307 g/mol. The number of methoxy groups -OCH3 is 1. The highest BCUT2D eigenvalue weighted by molar-refractivity contribution is 6.31. The fourth-order valence-corrected chi connectivity index (χ4v) is 3.04. The van der Waals surface area contributed by atoms with Crippen molar-refractivity contribution in [3.05, 3.63) is 35.9 Å². The van der Waals surface area contributed by atoms with Gasteiger partial charge in [-0.05, 0) is 43.9 Å². The Hall–Kier alpha value is -1.59. The maximum Gasteiger partial charge on any atom is 0.138 e. The van der Waals surface area contributed by atoms with Crippen LogP contribution in [0.4, 0.5) is 5.69 Å². The first kappa shape index (κ1) is 14.4. The molecule has 2 unspecified atom stereocenters. The van der Waals surface area contributed by atoms with E-state index >= 15 is 0 Å². The van der Waals surface area contributed by atoms with E-state index in [1.165, 1.54) is 12.7 Å². The van der Waals surface area contributed by atoms with Gasteiger partial charge in [-0.25, -0.2) is 9.67 Å². The molecule has 1 N–H and O–H groups in total. The summed E-state index contributed by atoms with van der Waals surface area (Å²) >= 11 is 6.14. The van der Waals surface area contributed by atoms with Crippen LogP contribution in [0.15, 0.2) is 30.9 Å². The largest absolute Gasteiger partial charge is 0.381 e. The summed E-state index contributed by atoms with van der Waals surface area (Å²) in [4.78, 5) is 4.01. The standard InChI is InChI=1S/C15H19ClN4O/c1-21-13-4-2-3-12(8-13)19-14-7-11(16)5-6-15(14)20-10-17-9-18-20/h5-7,9-10,12-13,19H,2-4,8H2,1H3. The van der Waals surface area contributed by atoms with Crippen LogP contribution < -0.4 is 5.32 Å². The fourth-order valence-electron chi connectivity index (χ4n) is 2.87. The molecule has 0 saturated heterocycles. The van der Waals surface area contributed by atoms with Crippen molar-refractivity contribution in [3.63, 3.8) is 0 Å². The minimum absolute atomic E-state index is 0.338. The molecule has 1 aliphatic carbocycles. The predicted molar refractivity (Wildman–Crippen MR) is 83.0 cm³/mol. The summed E-state index contributed by atoms with van der Waals surface area (Å²) < 4.78 is 7.24. The minimum atomic E-state index is 0.338. The van der Waals surface area contributed by atoms with Gasteiger partial charge in [0.1, 0.15) is 12.7 Å². The van der Waals surface area contributed by atoms with E-state index in [4.69, 9.17) is 16.3 Å². The first-order chi connectivity index (χ1) is 10.3. The maximum atomic E-state index is 6.14. The Morgan fingerprint density at radius 2 is 2.29 bits per heavy atom. The number of nitrogens with zero attached hydrogens (tertiary/aromatic N) is 3. The molecule has 0 aliphatic heterocycles. The zero-order valence-electron chi connectivity index (χ0n) is 12.0. The number of halogens is 1. The number of aromatic nitrogens is 3. The van der Waals surface area contributed by atoms with E-state index in [2.05, 4.69) is 15.4 Å². The molecule has 1 fully saturated rings. The van der Waals surface area contributed by atoms with Gasteiger partial charge in [0.15, 0.2) is 0 Å². The van der Waals surface area contributed by atoms with Crippen LogP contribution in [0, 0.1) is 0 Å². The normalized spacial score (nSPS) is 22.2. The molecule has 6 heteroatoms. The molecular weight excluding hydrogens is 288 g/mol. The third-order valence-electron chi connectivity index (χ3n) is 3.94. The number of hydrogen-bond donors (Lipinski definition) is 1. The van der Waals surface area contributed by atoms with Crippen molar-refractivity contribution in [1.82, 2.24) is 14.8 Å². The lowest BCUT2D eigenvalue weighted by molar-refractivity contribution is 0.0669. The molecule has 0 spiro atoms. The van der Waals surface area contributed by atoms with Gasteiger partial charge in [0.2, 0.25) is 0 Å². The zero-order valence-corrected chi connectivity index (χ0v) is 12.8. The zero-order chi connectivity index (χ0) is 14.7. The van der Waals surface area contributed by atoms with Gasteiger partial charge < -0.3 is 10.1 Å². The summed E-state index contributed by atoms with van der Waals surface area (Å²) in [6, 6.07) is 6.15. The van der Waals surface area contributed by atoms with E-state index in [0.717, 1.165) is 30.6 Å². The van der Waals surface area contributed by atoms with Gasteiger partial charge in [-0.2, -0.15) is 5.10 Å². The van der Waals surface area contributed by atoms with Gasteiger partial charge in [-0.1, -0.05) is 11.6 Å². The van der Waals surface area contributed by atoms with Gasteiger partial charge >= 0.3 is 0 Å². The number of anilines is 1. The molecule has 112 valence electrons. The molecule has 2 aromatic rings. The number of ether oxygens (including phenoxy) is 1. The van der Waals surface area contributed by atoms with Crippen LogP contribution >= 0.6 is 11.6 Å². The molecule has 1 aliphatic rings. The Bertz CT molecular complexity index is 587. The van der Waals surface area contributed by atoms with E-state index in [0.29, 0.717) is 17.2 Å². The lowest BCUT2D eigenvalue weighted by atomic mass is 9.92. The Morgan fingerprint density at radius 1 is 1.38 bits per heavy atom. The van der Waals surface area contributed by atoms with Crippen LogP contribution in [0.5, 0.6) is 0 Å². The minimum Gasteiger partial charge on any atom is -0.381 e. The quantitative estimate of drug-likeness (QED) is 0.941. The van der Waals surface area contributed by atoms with Crippen LogP contribution in [0.1, 0.15) is 25.7 Å². The van der Waals surface area contributed by atoms with Crippen LogP contribution in [0.3, 0.4) is 0 Å². The number of benzene rings is 1. The molecule has 1 aromatic heterocycles. The summed E-state index contributed by atoms with van der Waals surface area (Å²) in [6.07, 6.45) is 8.02. The molecule has 0 amide bonds. The van der Waals surface area contributed by atoms with E-state index < -0.39 is 0 Å². The molecule has 1 saturated carbocycles. The van der Waals surface area contributed by atoms with Crippen LogP contribution in [0.2, 0.25) is 5.02 Å². The fraction of sp³-hybridized carbons (Fsp3) is 0.467. The highest BCUT2D eigenvalue weighted by atomic mass is 35.5. The molecule has 2 atom stereocenters. The second-order valence-electron chi connectivity index (χ2n) is 5.37. The third-order valence-corrected chi connectivity index (χ3v) is 4.18. The van der Waals surface area contributed by atoms with Crippen molar-refractivity contribution < 1.29 is 4.74 Å². The van der Waals surface area contributed by atoms with Gasteiger partial charge in [0.25, 0.3) is 0 Å². The summed E-state index contributed by atoms with van der Waals surface area (Å²) in [7, 11) is 1.78. The van der Waals surface area contributed by atoms with Gasteiger partial charge in [-0.15, -0.1) is 0 Å². The van der Waals surface area contributed by atoms with Crippen molar-refractivity contribution in [1.29, 1.82) is 0 Å². The summed E-state index contributed by atoms with van der Waals surface area (Å²) in [5.74, 6) is 0. The highest BCUT2D eigenvalue weighted by Gasteiger charge is 2.22. The molecule has 0 bridgehead atoms. The molecule has 3 rings (SSSR count). The van der Waals surface area contributed by atoms with Gasteiger partial charge in [-0.3, -0.25) is 0 Å². The number of nitrogens with one attached hydrogen (secondary N) is 1. The van der Waals surface area contributed by atoms with E-state index in [9.17, 15) is 0 Å². The smallest absolute Gasteiger partial charge is 0.138 e. The summed E-state index contributed by atoms with van der Waals surface area (Å²) in [5, 5.41) is 8.50. The Kier molecular flexibility index (Phi) is 4.41. The van der Waals surface area contributed by atoms with Gasteiger partial charge in [0, 0.05) is 18.2 Å². The molecule has 21 heavy (non-hydrogen) atoms. The SMILES string of the molecule is COC1CCCC(Nc2cc(Cl)ccc2-n2cncn2)C1. The maximum absolute atomic E-state index is 6.14. The van der Waals surface area contributed by atoms with E-state index in [1.54, 1.807) is 18.1 Å². The van der Waals surface area contributed by atoms with Crippen molar-refractivity contribution in [2.75, 3.05) is 12.4 Å².